The number of benzene rings is 1. The highest BCUT2D eigenvalue weighted by molar-refractivity contribution is 5.99. The number of carbonyl (C=O) groups is 1. The van der Waals surface area contributed by atoms with Crippen LogP contribution in [0, 0.1) is 17.6 Å². The monoisotopic (exact) mass is 238 g/mol. The van der Waals surface area contributed by atoms with Gasteiger partial charge in [0, 0.05) is 0 Å². The molecule has 2 bridgehead atoms. The highest BCUT2D eigenvalue weighted by Gasteiger charge is 2.45. The Morgan fingerprint density at radius 3 is 2.47 bits per heavy atom. The summed E-state index contributed by atoms with van der Waals surface area (Å²) in [6, 6.07) is 3.49. The Labute approximate surface area is 97.6 Å². The van der Waals surface area contributed by atoms with Gasteiger partial charge in [0.15, 0.2) is 5.78 Å². The largest absolute Gasteiger partial charge is 0.374 e. The molecule has 4 heteroatoms. The molecule has 0 radical (unpaired) electrons. The van der Waals surface area contributed by atoms with Gasteiger partial charge >= 0.3 is 0 Å². The van der Waals surface area contributed by atoms with Gasteiger partial charge in [-0.3, -0.25) is 4.79 Å². The zero-order chi connectivity index (χ0) is 12.0. The average Bonchev–Trinajstić information content (AvgIpc) is 2.90. The smallest absolute Gasteiger partial charge is 0.174 e. The van der Waals surface area contributed by atoms with Crippen molar-refractivity contribution in [2.75, 3.05) is 0 Å². The lowest BCUT2D eigenvalue weighted by Crippen LogP contribution is -2.26. The molecule has 2 fully saturated rings. The molecule has 3 atom stereocenters. The fourth-order valence-electron chi connectivity index (χ4n) is 2.83. The van der Waals surface area contributed by atoms with Crippen LogP contribution in [0.2, 0.25) is 0 Å². The van der Waals surface area contributed by atoms with E-state index in [9.17, 15) is 13.6 Å². The van der Waals surface area contributed by atoms with Crippen LogP contribution in [0.1, 0.15) is 29.6 Å². The van der Waals surface area contributed by atoms with Gasteiger partial charge < -0.3 is 4.74 Å². The lowest BCUT2D eigenvalue weighted by molar-refractivity contribution is 0.0737. The first-order valence-electron chi connectivity index (χ1n) is 5.80. The molecule has 2 aliphatic rings. The van der Waals surface area contributed by atoms with E-state index >= 15 is 0 Å². The first-order valence-corrected chi connectivity index (χ1v) is 5.80. The summed E-state index contributed by atoms with van der Waals surface area (Å²) in [7, 11) is 0. The Kier molecular flexibility index (Phi) is 2.47. The molecular weight excluding hydrogens is 226 g/mol. The molecule has 1 aromatic carbocycles. The van der Waals surface area contributed by atoms with E-state index in [1.807, 2.05) is 0 Å². The second-order valence-corrected chi connectivity index (χ2v) is 4.68. The van der Waals surface area contributed by atoms with Crippen molar-refractivity contribution in [3.8, 4) is 0 Å². The molecule has 0 spiro atoms. The second-order valence-electron chi connectivity index (χ2n) is 4.68. The van der Waals surface area contributed by atoms with Gasteiger partial charge in [0.2, 0.25) is 0 Å². The number of halogens is 2. The van der Waals surface area contributed by atoms with E-state index in [0.717, 1.165) is 25.0 Å². The normalized spacial score (nSPS) is 30.8. The standard InChI is InChI=1S/C13H12F2O2/c14-9-2-1-3-10(15)12(9)13(16)8-6-7-4-5-11(8)17-7/h1-3,7-8,11H,4-6H2. The number of fused-ring (bicyclic) bond motifs is 2. The van der Waals surface area contributed by atoms with Crippen molar-refractivity contribution in [3.05, 3.63) is 35.4 Å². The fourth-order valence-corrected chi connectivity index (χ4v) is 2.83. The number of ether oxygens (including phenoxy) is 1. The third kappa shape index (κ3) is 1.67. The maximum absolute atomic E-state index is 13.5. The second kappa shape index (κ2) is 3.88. The molecule has 2 nitrogen and oxygen atoms in total. The summed E-state index contributed by atoms with van der Waals surface area (Å²) in [5.41, 5.74) is -0.409. The topological polar surface area (TPSA) is 26.3 Å². The molecule has 2 saturated heterocycles. The SMILES string of the molecule is O=C(c1c(F)cccc1F)C1CC2CCC1O2. The number of hydrogen-bond acceptors (Lipinski definition) is 2. The third-order valence-electron chi connectivity index (χ3n) is 3.65. The van der Waals surface area contributed by atoms with Crippen LogP contribution in [0.5, 0.6) is 0 Å². The highest BCUT2D eigenvalue weighted by atomic mass is 19.1. The Morgan fingerprint density at radius 2 is 1.94 bits per heavy atom. The quantitative estimate of drug-likeness (QED) is 0.740. The van der Waals surface area contributed by atoms with Crippen molar-refractivity contribution in [2.24, 2.45) is 5.92 Å². The first kappa shape index (κ1) is 10.8. The molecule has 3 rings (SSSR count). The summed E-state index contributed by atoms with van der Waals surface area (Å²) in [5, 5.41) is 0. The van der Waals surface area contributed by atoms with Crippen molar-refractivity contribution >= 4 is 5.78 Å². The summed E-state index contributed by atoms with van der Waals surface area (Å²) in [6.07, 6.45) is 2.32. The van der Waals surface area contributed by atoms with Gasteiger partial charge in [-0.25, -0.2) is 8.78 Å². The molecule has 0 aromatic heterocycles. The van der Waals surface area contributed by atoms with Gasteiger partial charge in [0.1, 0.15) is 11.6 Å². The van der Waals surface area contributed by atoms with Crippen LogP contribution in [0.25, 0.3) is 0 Å². The molecule has 0 amide bonds. The molecule has 2 heterocycles. The minimum atomic E-state index is -0.780. The number of rotatable bonds is 2. The van der Waals surface area contributed by atoms with Crippen LogP contribution in [-0.4, -0.2) is 18.0 Å². The number of ketones is 1. The third-order valence-corrected chi connectivity index (χ3v) is 3.65. The molecule has 0 aliphatic carbocycles. The van der Waals surface area contributed by atoms with Gasteiger partial charge in [0.05, 0.1) is 23.7 Å². The zero-order valence-electron chi connectivity index (χ0n) is 9.16. The van der Waals surface area contributed by atoms with Crippen LogP contribution in [0.4, 0.5) is 8.78 Å². The average molecular weight is 238 g/mol. The fraction of sp³-hybridized carbons (Fsp3) is 0.462. The van der Waals surface area contributed by atoms with Crippen LogP contribution in [0.3, 0.4) is 0 Å². The highest BCUT2D eigenvalue weighted by Crippen LogP contribution is 2.40. The lowest BCUT2D eigenvalue weighted by atomic mass is 9.83. The van der Waals surface area contributed by atoms with E-state index in [1.165, 1.54) is 6.07 Å². The maximum atomic E-state index is 13.5. The molecule has 1 aromatic rings. The summed E-state index contributed by atoms with van der Waals surface area (Å²) < 4.78 is 32.5. The zero-order valence-corrected chi connectivity index (χ0v) is 9.16. The van der Waals surface area contributed by atoms with Crippen LogP contribution >= 0.6 is 0 Å². The number of hydrogen-bond donors (Lipinski definition) is 0. The molecule has 2 aliphatic heterocycles. The molecule has 0 saturated carbocycles. The van der Waals surface area contributed by atoms with E-state index in [1.54, 1.807) is 0 Å². The van der Waals surface area contributed by atoms with E-state index < -0.39 is 23.0 Å². The molecular formula is C13H12F2O2. The van der Waals surface area contributed by atoms with Crippen molar-refractivity contribution < 1.29 is 18.3 Å². The lowest BCUT2D eigenvalue weighted by Gasteiger charge is -2.17. The van der Waals surface area contributed by atoms with Crippen molar-refractivity contribution in [3.63, 3.8) is 0 Å². The summed E-state index contributed by atoms with van der Waals surface area (Å²) in [4.78, 5) is 12.1. The van der Waals surface area contributed by atoms with Gasteiger partial charge in [-0.2, -0.15) is 0 Å². The van der Waals surface area contributed by atoms with Crippen molar-refractivity contribution in [2.45, 2.75) is 31.5 Å². The Hall–Kier alpha value is -1.29. The van der Waals surface area contributed by atoms with E-state index in [4.69, 9.17) is 4.74 Å². The predicted octanol–water partition coefficient (Wildman–Crippen LogP) is 2.72. The van der Waals surface area contributed by atoms with Gasteiger partial charge in [-0.05, 0) is 31.4 Å². The van der Waals surface area contributed by atoms with Gasteiger partial charge in [0.25, 0.3) is 0 Å². The Morgan fingerprint density at radius 1 is 1.24 bits per heavy atom. The van der Waals surface area contributed by atoms with E-state index in [2.05, 4.69) is 0 Å². The first-order chi connectivity index (χ1) is 8.16. The van der Waals surface area contributed by atoms with Crippen molar-refractivity contribution in [1.29, 1.82) is 0 Å². The van der Waals surface area contributed by atoms with E-state index in [-0.39, 0.29) is 18.1 Å². The maximum Gasteiger partial charge on any atom is 0.174 e. The van der Waals surface area contributed by atoms with Gasteiger partial charge in [-0.15, -0.1) is 0 Å². The van der Waals surface area contributed by atoms with Gasteiger partial charge in [-0.1, -0.05) is 6.07 Å². The molecule has 17 heavy (non-hydrogen) atoms. The minimum absolute atomic E-state index is 0.101. The summed E-state index contributed by atoms with van der Waals surface area (Å²) in [6.45, 7) is 0. The Bertz CT molecular complexity index is 452. The number of carbonyl (C=O) groups excluding carboxylic acids is 1. The predicted molar refractivity (Wildman–Crippen MR) is 56.7 cm³/mol. The Balaban J connectivity index is 1.92. The van der Waals surface area contributed by atoms with Crippen molar-refractivity contribution in [1.82, 2.24) is 0 Å². The molecule has 90 valence electrons. The van der Waals surface area contributed by atoms with E-state index in [0.29, 0.717) is 6.42 Å². The molecule has 3 unspecified atom stereocenters. The summed E-state index contributed by atoms with van der Waals surface area (Å²) in [5.74, 6) is -2.39. The minimum Gasteiger partial charge on any atom is -0.374 e. The van der Waals surface area contributed by atoms with Crippen LogP contribution in [0.15, 0.2) is 18.2 Å². The summed E-state index contributed by atoms with van der Waals surface area (Å²) >= 11 is 0. The number of Topliss-reactive ketones (excluding diaryl/α,β-unsaturated/α-hetero) is 1. The molecule has 0 N–H and O–H groups in total. The van der Waals surface area contributed by atoms with Crippen LogP contribution < -0.4 is 0 Å². The van der Waals surface area contributed by atoms with Crippen LogP contribution in [-0.2, 0) is 4.74 Å².